The van der Waals surface area contributed by atoms with E-state index in [1.165, 1.54) is 5.56 Å². The maximum atomic E-state index is 9.06. The number of fused-ring (bicyclic) bond motifs is 1. The van der Waals surface area contributed by atoms with E-state index in [-0.39, 0.29) is 10.6 Å². The molecule has 0 amide bonds. The molecule has 0 bridgehead atoms. The van der Waals surface area contributed by atoms with E-state index in [9.17, 15) is 0 Å². The highest BCUT2D eigenvalue weighted by Crippen LogP contribution is 2.39. The number of hydrogen-bond acceptors (Lipinski definition) is 4. The first kappa shape index (κ1) is 12.9. The molecule has 0 radical (unpaired) electrons. The number of nitrogens with zero attached hydrogens (tertiary/aromatic N) is 2. The number of nitrogens with one attached hydrogen (secondary N) is 2. The Labute approximate surface area is 106 Å². The topological polar surface area (TPSA) is 60.7 Å². The number of pyridine rings is 1. The maximum absolute atomic E-state index is 9.06. The van der Waals surface area contributed by atoms with Crippen molar-refractivity contribution in [2.45, 2.75) is 31.3 Å². The molecule has 1 aliphatic carbocycles. The van der Waals surface area contributed by atoms with Crippen LogP contribution in [0.15, 0.2) is 24.5 Å². The summed E-state index contributed by atoms with van der Waals surface area (Å²) >= 11 is 0. The van der Waals surface area contributed by atoms with Gasteiger partial charge in [0.25, 0.3) is 0 Å². The number of hydrogen-bond donors (Lipinski definition) is 2. The van der Waals surface area contributed by atoms with Crippen LogP contribution in [0.5, 0.6) is 0 Å². The van der Waals surface area contributed by atoms with Gasteiger partial charge in [-0.1, -0.05) is 6.07 Å². The van der Waals surface area contributed by atoms with Gasteiger partial charge in [0.2, 0.25) is 0 Å². The molecule has 1 saturated heterocycles. The molecule has 2 heterocycles. The average molecular weight is 248 g/mol. The third-order valence-corrected chi connectivity index (χ3v) is 3.98. The summed E-state index contributed by atoms with van der Waals surface area (Å²) in [6.07, 6.45) is 6.81. The molecule has 5 heteroatoms. The fourth-order valence-electron chi connectivity index (χ4n) is 3.06. The lowest BCUT2D eigenvalue weighted by atomic mass is 9.75. The second-order valence-electron chi connectivity index (χ2n) is 4.96. The summed E-state index contributed by atoms with van der Waals surface area (Å²) in [5.74, 6) is 0.731. The molecule has 1 saturated carbocycles. The van der Waals surface area contributed by atoms with Crippen LogP contribution in [-0.2, 0) is 0 Å². The molecule has 2 N–H and O–H groups in total. The predicted octanol–water partition coefficient (Wildman–Crippen LogP) is 1.69. The summed E-state index contributed by atoms with van der Waals surface area (Å²) in [5.41, 5.74) is 7.94. The van der Waals surface area contributed by atoms with Crippen molar-refractivity contribution in [3.8, 4) is 6.07 Å². The summed E-state index contributed by atoms with van der Waals surface area (Å²) in [6, 6.07) is 7.29. The van der Waals surface area contributed by atoms with Crippen LogP contribution in [0.3, 0.4) is 0 Å². The third kappa shape index (κ3) is 2.22. The highest BCUT2D eigenvalue weighted by Gasteiger charge is 2.40. The number of halogens is 1. The largest absolute Gasteiger partial charge is 0.269 e. The van der Waals surface area contributed by atoms with E-state index >= 15 is 0 Å². The summed E-state index contributed by atoms with van der Waals surface area (Å²) in [7, 11) is 0. The lowest BCUT2D eigenvalue weighted by molar-refractivity contribution is 0.267. The highest BCUT2D eigenvalue weighted by atomic mass is 19.0. The van der Waals surface area contributed by atoms with Gasteiger partial charge < -0.3 is 0 Å². The Kier molecular flexibility index (Phi) is 3.90. The van der Waals surface area contributed by atoms with Crippen LogP contribution in [-0.4, -0.2) is 11.0 Å². The molecule has 3 rings (SSSR count). The molecule has 2 aliphatic rings. The van der Waals surface area contributed by atoms with E-state index in [4.69, 9.17) is 5.26 Å². The lowest BCUT2D eigenvalue weighted by Crippen LogP contribution is -2.34. The molecule has 18 heavy (non-hydrogen) atoms. The summed E-state index contributed by atoms with van der Waals surface area (Å²) in [6.45, 7) is 0. The van der Waals surface area contributed by atoms with Crippen LogP contribution in [0, 0.1) is 23.2 Å². The molecule has 2 fully saturated rings. The number of hydrazine groups is 1. The van der Waals surface area contributed by atoms with Crippen molar-refractivity contribution in [3.05, 3.63) is 30.1 Å². The zero-order valence-corrected chi connectivity index (χ0v) is 10.0. The van der Waals surface area contributed by atoms with Crippen molar-refractivity contribution in [2.24, 2.45) is 11.8 Å². The van der Waals surface area contributed by atoms with Crippen molar-refractivity contribution in [1.29, 1.82) is 5.26 Å². The summed E-state index contributed by atoms with van der Waals surface area (Å²) in [5, 5.41) is 9.06. The minimum atomic E-state index is 0. The molecular weight excluding hydrogens is 231 g/mol. The van der Waals surface area contributed by atoms with Crippen molar-refractivity contribution < 1.29 is 4.70 Å². The fraction of sp³-hybridized carbons (Fsp3) is 0.538. The first-order valence-electron chi connectivity index (χ1n) is 6.19. The van der Waals surface area contributed by atoms with E-state index in [1.54, 1.807) is 6.20 Å². The standard InChI is InChI=1S/C13H16N4.FH/c14-7-9-3-4-12-11(6-9)13(17-16-12)10-2-1-5-15-8-10;/h1-2,5,8-9,11-13,16-17H,3-4,6H2;1H. The zero-order valence-electron chi connectivity index (χ0n) is 10.0. The van der Waals surface area contributed by atoms with Crippen LogP contribution in [0.4, 0.5) is 4.70 Å². The quantitative estimate of drug-likeness (QED) is 0.794. The Balaban J connectivity index is 0.00000120. The predicted molar refractivity (Wildman–Crippen MR) is 66.0 cm³/mol. The van der Waals surface area contributed by atoms with Crippen LogP contribution in [0.25, 0.3) is 0 Å². The van der Waals surface area contributed by atoms with Gasteiger partial charge in [-0.3, -0.25) is 15.1 Å². The van der Waals surface area contributed by atoms with Crippen LogP contribution >= 0.6 is 0 Å². The Morgan fingerprint density at radius 3 is 2.94 bits per heavy atom. The molecule has 1 aromatic heterocycles. The molecule has 1 aromatic rings. The number of rotatable bonds is 1. The Bertz CT molecular complexity index is 430. The molecule has 4 atom stereocenters. The van der Waals surface area contributed by atoms with Gasteiger partial charge >= 0.3 is 0 Å². The number of nitriles is 1. The Morgan fingerprint density at radius 2 is 2.22 bits per heavy atom. The molecule has 1 aliphatic heterocycles. The van der Waals surface area contributed by atoms with Gasteiger partial charge in [-0.05, 0) is 36.8 Å². The van der Waals surface area contributed by atoms with Gasteiger partial charge in [-0.2, -0.15) is 5.26 Å². The third-order valence-electron chi connectivity index (χ3n) is 3.98. The van der Waals surface area contributed by atoms with E-state index in [2.05, 4.69) is 28.0 Å². The van der Waals surface area contributed by atoms with Gasteiger partial charge in [0, 0.05) is 24.4 Å². The van der Waals surface area contributed by atoms with E-state index in [1.807, 2.05) is 12.3 Å². The molecule has 4 nitrogen and oxygen atoms in total. The van der Waals surface area contributed by atoms with Crippen LogP contribution in [0.1, 0.15) is 30.9 Å². The van der Waals surface area contributed by atoms with Crippen LogP contribution < -0.4 is 10.9 Å². The first-order chi connectivity index (χ1) is 8.38. The highest BCUT2D eigenvalue weighted by molar-refractivity contribution is 5.18. The summed E-state index contributed by atoms with van der Waals surface area (Å²) < 4.78 is 0. The SMILES string of the molecule is F.N#CC1CCC2NNC(c3cccnc3)C2C1. The summed E-state index contributed by atoms with van der Waals surface area (Å²) in [4.78, 5) is 4.17. The normalized spacial score (nSPS) is 34.2. The molecular formula is C13H17FN4. The van der Waals surface area contributed by atoms with Crippen LogP contribution in [0.2, 0.25) is 0 Å². The van der Waals surface area contributed by atoms with E-state index in [0.717, 1.165) is 19.3 Å². The monoisotopic (exact) mass is 248 g/mol. The minimum Gasteiger partial charge on any atom is -0.269 e. The van der Waals surface area contributed by atoms with E-state index < -0.39 is 0 Å². The van der Waals surface area contributed by atoms with Crippen molar-refractivity contribution in [3.63, 3.8) is 0 Å². The smallest absolute Gasteiger partial charge is 0.0655 e. The maximum Gasteiger partial charge on any atom is 0.0655 e. The fourth-order valence-corrected chi connectivity index (χ4v) is 3.06. The average Bonchev–Trinajstić information content (AvgIpc) is 2.82. The Morgan fingerprint density at radius 1 is 1.33 bits per heavy atom. The zero-order chi connectivity index (χ0) is 11.7. The van der Waals surface area contributed by atoms with Gasteiger partial charge in [-0.25, -0.2) is 5.43 Å². The number of aromatic nitrogens is 1. The van der Waals surface area contributed by atoms with Gasteiger partial charge in [-0.15, -0.1) is 0 Å². The van der Waals surface area contributed by atoms with Crippen molar-refractivity contribution in [1.82, 2.24) is 15.8 Å². The lowest BCUT2D eigenvalue weighted by Gasteiger charge is -2.30. The second-order valence-corrected chi connectivity index (χ2v) is 4.96. The molecule has 4 unspecified atom stereocenters. The van der Waals surface area contributed by atoms with Gasteiger partial charge in [0.15, 0.2) is 0 Å². The van der Waals surface area contributed by atoms with Crippen molar-refractivity contribution >= 4 is 0 Å². The molecule has 0 aromatic carbocycles. The second kappa shape index (κ2) is 5.42. The Hall–Kier alpha value is -1.51. The molecule has 96 valence electrons. The minimum absolute atomic E-state index is 0. The van der Waals surface area contributed by atoms with Gasteiger partial charge in [0.1, 0.15) is 0 Å². The molecule has 0 spiro atoms. The first-order valence-corrected chi connectivity index (χ1v) is 6.19. The van der Waals surface area contributed by atoms with Crippen molar-refractivity contribution in [2.75, 3.05) is 0 Å². The van der Waals surface area contributed by atoms with Gasteiger partial charge in [0.05, 0.1) is 12.1 Å². The van der Waals surface area contributed by atoms with E-state index in [0.29, 0.717) is 18.0 Å².